The molecule has 7 heteroatoms. The van der Waals surface area contributed by atoms with Crippen molar-refractivity contribution in [3.8, 4) is 0 Å². The molecule has 0 saturated heterocycles. The van der Waals surface area contributed by atoms with Gasteiger partial charge in [-0.2, -0.15) is 0 Å². The topological polar surface area (TPSA) is 96.5 Å². The second kappa shape index (κ2) is 9.30. The van der Waals surface area contributed by atoms with E-state index in [-0.39, 0.29) is 25.0 Å². The lowest BCUT2D eigenvalue weighted by Crippen LogP contribution is -2.46. The molecule has 1 aliphatic carbocycles. The van der Waals surface area contributed by atoms with E-state index >= 15 is 0 Å². The molecule has 3 N–H and O–H groups in total. The Morgan fingerprint density at radius 1 is 1.20 bits per heavy atom. The van der Waals surface area contributed by atoms with Crippen LogP contribution in [0, 0.1) is 0 Å². The van der Waals surface area contributed by atoms with Gasteiger partial charge in [0.05, 0.1) is 19.6 Å². The third-order valence-corrected chi connectivity index (χ3v) is 3.04. The molecular formula is C13H23N3O4. The molecule has 7 nitrogen and oxygen atoms in total. The molecule has 1 fully saturated rings. The van der Waals surface area contributed by atoms with Crippen molar-refractivity contribution < 1.29 is 19.1 Å². The Bertz CT molecular complexity index is 341. The maximum Gasteiger partial charge on any atom is 0.321 e. The summed E-state index contributed by atoms with van der Waals surface area (Å²) in [5.41, 5.74) is 0. The number of nitrogens with one attached hydrogen (secondary N) is 3. The summed E-state index contributed by atoms with van der Waals surface area (Å²) in [4.78, 5) is 34.0. The largest absolute Gasteiger partial charge is 0.466 e. The highest BCUT2D eigenvalue weighted by atomic mass is 16.5. The zero-order valence-electron chi connectivity index (χ0n) is 11.9. The van der Waals surface area contributed by atoms with Gasteiger partial charge in [0.25, 0.3) is 0 Å². The number of rotatable bonds is 7. The first kappa shape index (κ1) is 16.4. The van der Waals surface area contributed by atoms with E-state index in [2.05, 4.69) is 16.0 Å². The second-order valence-electron chi connectivity index (χ2n) is 4.73. The van der Waals surface area contributed by atoms with Crippen molar-refractivity contribution in [2.75, 3.05) is 19.7 Å². The van der Waals surface area contributed by atoms with E-state index in [1.807, 2.05) is 0 Å². The van der Waals surface area contributed by atoms with Gasteiger partial charge >= 0.3 is 12.0 Å². The first-order valence-electron chi connectivity index (χ1n) is 7.08. The zero-order valence-corrected chi connectivity index (χ0v) is 11.9. The SMILES string of the molecule is CCOC(=O)CCNCC(=O)NC(=O)NC1CCCC1. The maximum atomic E-state index is 11.5. The molecule has 0 radical (unpaired) electrons. The third kappa shape index (κ3) is 7.08. The number of hydrogen-bond donors (Lipinski definition) is 3. The van der Waals surface area contributed by atoms with Crippen molar-refractivity contribution in [3.63, 3.8) is 0 Å². The van der Waals surface area contributed by atoms with Crippen molar-refractivity contribution in [1.82, 2.24) is 16.0 Å². The summed E-state index contributed by atoms with van der Waals surface area (Å²) in [7, 11) is 0. The molecule has 1 aliphatic rings. The molecule has 0 spiro atoms. The molecular weight excluding hydrogens is 262 g/mol. The number of esters is 1. The molecule has 1 rings (SSSR count). The van der Waals surface area contributed by atoms with Gasteiger partial charge < -0.3 is 15.4 Å². The van der Waals surface area contributed by atoms with Crippen LogP contribution < -0.4 is 16.0 Å². The minimum Gasteiger partial charge on any atom is -0.466 e. The van der Waals surface area contributed by atoms with E-state index < -0.39 is 11.9 Å². The Kier molecular flexibility index (Phi) is 7.64. The van der Waals surface area contributed by atoms with Gasteiger partial charge in [-0.05, 0) is 19.8 Å². The molecule has 0 heterocycles. The third-order valence-electron chi connectivity index (χ3n) is 3.04. The highest BCUT2D eigenvalue weighted by Crippen LogP contribution is 2.17. The van der Waals surface area contributed by atoms with Crippen LogP contribution in [-0.2, 0) is 14.3 Å². The van der Waals surface area contributed by atoms with E-state index in [0.717, 1.165) is 25.7 Å². The van der Waals surface area contributed by atoms with Crippen molar-refractivity contribution in [2.45, 2.75) is 45.1 Å². The Labute approximate surface area is 118 Å². The lowest BCUT2D eigenvalue weighted by atomic mass is 10.2. The minimum atomic E-state index is -0.450. The Morgan fingerprint density at radius 3 is 2.55 bits per heavy atom. The number of urea groups is 1. The van der Waals surface area contributed by atoms with Gasteiger partial charge in [0, 0.05) is 12.6 Å². The summed E-state index contributed by atoms with van der Waals surface area (Å²) in [5.74, 6) is -0.719. The van der Waals surface area contributed by atoms with Crippen LogP contribution in [0.15, 0.2) is 0 Å². The van der Waals surface area contributed by atoms with Crippen molar-refractivity contribution in [1.29, 1.82) is 0 Å². The van der Waals surface area contributed by atoms with Crippen molar-refractivity contribution in [3.05, 3.63) is 0 Å². The quantitative estimate of drug-likeness (QED) is 0.462. The van der Waals surface area contributed by atoms with Crippen LogP contribution in [0.25, 0.3) is 0 Å². The van der Waals surface area contributed by atoms with Crippen LogP contribution in [0.1, 0.15) is 39.0 Å². The summed E-state index contributed by atoms with van der Waals surface area (Å²) < 4.78 is 4.74. The molecule has 0 aromatic carbocycles. The molecule has 1 saturated carbocycles. The van der Waals surface area contributed by atoms with Crippen LogP contribution in [0.4, 0.5) is 4.79 Å². The Hall–Kier alpha value is -1.63. The number of imide groups is 1. The van der Waals surface area contributed by atoms with Gasteiger partial charge in [0.1, 0.15) is 0 Å². The van der Waals surface area contributed by atoms with E-state index in [1.165, 1.54) is 0 Å². The van der Waals surface area contributed by atoms with E-state index in [9.17, 15) is 14.4 Å². The van der Waals surface area contributed by atoms with Crippen LogP contribution in [0.5, 0.6) is 0 Å². The monoisotopic (exact) mass is 285 g/mol. The molecule has 0 unspecified atom stereocenters. The Morgan fingerprint density at radius 2 is 1.90 bits per heavy atom. The van der Waals surface area contributed by atoms with Gasteiger partial charge in [-0.15, -0.1) is 0 Å². The summed E-state index contributed by atoms with van der Waals surface area (Å²) in [6.45, 7) is 2.43. The molecule has 0 bridgehead atoms. The molecule has 0 atom stereocenters. The van der Waals surface area contributed by atoms with Gasteiger partial charge in [0.15, 0.2) is 0 Å². The second-order valence-corrected chi connectivity index (χ2v) is 4.73. The lowest BCUT2D eigenvalue weighted by molar-refractivity contribution is -0.143. The van der Waals surface area contributed by atoms with Crippen molar-refractivity contribution >= 4 is 17.9 Å². The molecule has 0 aliphatic heterocycles. The predicted molar refractivity (Wildman–Crippen MR) is 73.1 cm³/mol. The minimum absolute atomic E-state index is 0.00249. The van der Waals surface area contributed by atoms with Gasteiger partial charge in [-0.25, -0.2) is 4.79 Å². The number of ether oxygens (including phenoxy) is 1. The van der Waals surface area contributed by atoms with Crippen LogP contribution in [-0.4, -0.2) is 43.6 Å². The molecule has 20 heavy (non-hydrogen) atoms. The average Bonchev–Trinajstić information content (AvgIpc) is 2.87. The summed E-state index contributed by atoms with van der Waals surface area (Å²) in [6, 6.07) is -0.270. The molecule has 3 amide bonds. The Balaban J connectivity index is 2.04. The highest BCUT2D eigenvalue weighted by Gasteiger charge is 2.17. The fraction of sp³-hybridized carbons (Fsp3) is 0.769. The first-order chi connectivity index (χ1) is 9.61. The standard InChI is InChI=1S/C13H23N3O4/c1-2-20-12(18)7-8-14-9-11(17)16-13(19)15-10-5-3-4-6-10/h10,14H,2-9H2,1H3,(H2,15,16,17,19). The summed E-state index contributed by atoms with van der Waals surface area (Å²) in [6.07, 6.45) is 4.39. The molecule has 0 aromatic rings. The number of hydrogen-bond acceptors (Lipinski definition) is 5. The number of amides is 3. The summed E-state index contributed by atoms with van der Waals surface area (Å²) >= 11 is 0. The van der Waals surface area contributed by atoms with Crippen LogP contribution in [0.3, 0.4) is 0 Å². The average molecular weight is 285 g/mol. The smallest absolute Gasteiger partial charge is 0.321 e. The first-order valence-corrected chi connectivity index (χ1v) is 7.08. The van der Waals surface area contributed by atoms with Gasteiger partial charge in [-0.3, -0.25) is 14.9 Å². The summed E-state index contributed by atoms with van der Waals surface area (Å²) in [5, 5.41) is 7.80. The highest BCUT2D eigenvalue weighted by molar-refractivity contribution is 5.95. The molecule has 114 valence electrons. The lowest BCUT2D eigenvalue weighted by Gasteiger charge is -2.12. The van der Waals surface area contributed by atoms with E-state index in [0.29, 0.717) is 13.2 Å². The normalized spacial score (nSPS) is 14.8. The van der Waals surface area contributed by atoms with E-state index in [1.54, 1.807) is 6.92 Å². The number of carbonyl (C=O) groups excluding carboxylic acids is 3. The predicted octanol–water partition coefficient (Wildman–Crippen LogP) is 0.298. The van der Waals surface area contributed by atoms with Gasteiger partial charge in [0.2, 0.25) is 5.91 Å². The van der Waals surface area contributed by atoms with Crippen molar-refractivity contribution in [2.24, 2.45) is 0 Å². The number of carbonyl (C=O) groups is 3. The van der Waals surface area contributed by atoms with Crippen LogP contribution >= 0.6 is 0 Å². The zero-order chi connectivity index (χ0) is 14.8. The maximum absolute atomic E-state index is 11.5. The van der Waals surface area contributed by atoms with Crippen LogP contribution in [0.2, 0.25) is 0 Å². The fourth-order valence-electron chi connectivity index (χ4n) is 2.09. The van der Waals surface area contributed by atoms with E-state index in [4.69, 9.17) is 4.74 Å². The fourth-order valence-corrected chi connectivity index (χ4v) is 2.09. The van der Waals surface area contributed by atoms with Gasteiger partial charge in [-0.1, -0.05) is 12.8 Å². The molecule has 0 aromatic heterocycles.